The minimum absolute atomic E-state index is 0.0178. The van der Waals surface area contributed by atoms with Crippen LogP contribution in [0.2, 0.25) is 0 Å². The molecule has 1 aromatic rings. The molecule has 2 N–H and O–H groups in total. The number of nitrogens with zero attached hydrogens (tertiary/aromatic N) is 1. The molecule has 0 bridgehead atoms. The van der Waals surface area contributed by atoms with Gasteiger partial charge in [-0.3, -0.25) is 9.59 Å². The van der Waals surface area contributed by atoms with E-state index < -0.39 is 30.0 Å². The maximum Gasteiger partial charge on any atom is 0.411 e. The van der Waals surface area contributed by atoms with Gasteiger partial charge in [-0.25, -0.2) is 0 Å². The van der Waals surface area contributed by atoms with E-state index in [9.17, 15) is 22.8 Å². The van der Waals surface area contributed by atoms with Crippen LogP contribution in [0.3, 0.4) is 0 Å². The maximum absolute atomic E-state index is 11.9. The van der Waals surface area contributed by atoms with Crippen molar-refractivity contribution in [3.8, 4) is 0 Å². The number of alkyl halides is 3. The Labute approximate surface area is 147 Å². The van der Waals surface area contributed by atoms with Crippen LogP contribution in [-0.4, -0.2) is 53.4 Å². The van der Waals surface area contributed by atoms with Crippen LogP contribution in [-0.2, 0) is 14.3 Å². The number of carbonyl (C=O) groups excluding carboxylic acids is 2. The number of aryl methyl sites for hydroxylation is 1. The molecular weight excluding hydrogens is 363 g/mol. The molecule has 2 amide bonds. The van der Waals surface area contributed by atoms with E-state index in [1.54, 1.807) is 19.9 Å². The van der Waals surface area contributed by atoms with E-state index in [2.05, 4.69) is 20.5 Å². The first-order chi connectivity index (χ1) is 11.6. The summed E-state index contributed by atoms with van der Waals surface area (Å²) < 4.78 is 45.1. The lowest BCUT2D eigenvalue weighted by atomic mass is 10.3. The molecule has 2 atom stereocenters. The molecule has 0 aromatic carbocycles. The van der Waals surface area contributed by atoms with Crippen molar-refractivity contribution in [2.24, 2.45) is 0 Å². The average Bonchev–Trinajstić information content (AvgIpc) is 2.88. The van der Waals surface area contributed by atoms with Gasteiger partial charge in [-0.15, -0.1) is 11.8 Å². The summed E-state index contributed by atoms with van der Waals surface area (Å²) in [6, 6.07) is 0.989. The van der Waals surface area contributed by atoms with Crippen molar-refractivity contribution in [3.63, 3.8) is 0 Å². The molecule has 0 saturated carbocycles. The van der Waals surface area contributed by atoms with Crippen LogP contribution in [0, 0.1) is 6.92 Å². The second-order valence-corrected chi connectivity index (χ2v) is 6.69. The maximum atomic E-state index is 11.9. The lowest BCUT2D eigenvalue weighted by Crippen LogP contribution is -2.38. The van der Waals surface area contributed by atoms with Crippen LogP contribution in [0.5, 0.6) is 0 Å². The summed E-state index contributed by atoms with van der Waals surface area (Å²) in [5, 5.41) is 8.15. The number of anilines is 1. The summed E-state index contributed by atoms with van der Waals surface area (Å²) in [5.41, 5.74) is 0. The van der Waals surface area contributed by atoms with E-state index in [0.29, 0.717) is 5.76 Å². The van der Waals surface area contributed by atoms with E-state index >= 15 is 0 Å². The molecule has 142 valence electrons. The number of rotatable bonds is 9. The largest absolute Gasteiger partial charge is 0.411 e. The number of hydrogen-bond donors (Lipinski definition) is 2. The van der Waals surface area contributed by atoms with Crippen molar-refractivity contribution >= 4 is 29.4 Å². The highest BCUT2D eigenvalue weighted by Gasteiger charge is 2.27. The number of aromatic nitrogens is 1. The minimum Gasteiger partial charge on any atom is -0.370 e. The van der Waals surface area contributed by atoms with E-state index in [4.69, 9.17) is 4.52 Å². The zero-order chi connectivity index (χ0) is 19.0. The van der Waals surface area contributed by atoms with Gasteiger partial charge in [0.1, 0.15) is 12.4 Å². The van der Waals surface area contributed by atoms with E-state index in [-0.39, 0.29) is 24.1 Å². The summed E-state index contributed by atoms with van der Waals surface area (Å²) in [4.78, 5) is 23.7. The highest BCUT2D eigenvalue weighted by atomic mass is 32.2. The number of carbonyl (C=O) groups is 2. The van der Waals surface area contributed by atoms with Crippen LogP contribution in [0.4, 0.5) is 19.0 Å². The van der Waals surface area contributed by atoms with Gasteiger partial charge in [-0.2, -0.15) is 13.2 Å². The standard InChI is InChI=1S/C14H20F3N3O4S/c1-8(5-23-7-14(15,16)17)18-12(21)6-25-10(3)13(22)19-11-4-9(2)24-20-11/h4,8,10H,5-7H2,1-3H3,(H,18,21)(H,19,20,22). The normalized spacial score (nSPS) is 14.0. The molecule has 0 saturated heterocycles. The van der Waals surface area contributed by atoms with Crippen LogP contribution < -0.4 is 10.6 Å². The third kappa shape index (κ3) is 9.34. The number of ether oxygens (including phenoxy) is 1. The van der Waals surface area contributed by atoms with Gasteiger partial charge in [-0.05, 0) is 20.8 Å². The predicted molar refractivity (Wildman–Crippen MR) is 86.3 cm³/mol. The Morgan fingerprint density at radius 1 is 1.40 bits per heavy atom. The van der Waals surface area contributed by atoms with Crippen LogP contribution in [0.1, 0.15) is 19.6 Å². The Kier molecular flexibility index (Phi) is 8.23. The molecule has 0 fully saturated rings. The van der Waals surface area contributed by atoms with Crippen LogP contribution >= 0.6 is 11.8 Å². The zero-order valence-electron chi connectivity index (χ0n) is 14.0. The van der Waals surface area contributed by atoms with Gasteiger partial charge >= 0.3 is 6.18 Å². The summed E-state index contributed by atoms with van der Waals surface area (Å²) in [5.74, 6) is 0.0833. The SMILES string of the molecule is Cc1cc(NC(=O)C(C)SCC(=O)NC(C)COCC(F)(F)F)no1. The molecule has 0 spiro atoms. The van der Waals surface area contributed by atoms with Crippen molar-refractivity contribution < 1.29 is 32.0 Å². The Morgan fingerprint density at radius 3 is 2.64 bits per heavy atom. The van der Waals surface area contributed by atoms with Gasteiger partial charge in [-0.1, -0.05) is 5.16 Å². The van der Waals surface area contributed by atoms with Gasteiger partial charge in [0.15, 0.2) is 5.82 Å². The predicted octanol–water partition coefficient (Wildman–Crippen LogP) is 2.13. The average molecular weight is 383 g/mol. The quantitative estimate of drug-likeness (QED) is 0.679. The number of amides is 2. The van der Waals surface area contributed by atoms with Gasteiger partial charge < -0.3 is 19.9 Å². The summed E-state index contributed by atoms with van der Waals surface area (Å²) >= 11 is 1.09. The van der Waals surface area contributed by atoms with E-state index in [0.717, 1.165) is 11.8 Å². The van der Waals surface area contributed by atoms with Crippen molar-refractivity contribution in [3.05, 3.63) is 11.8 Å². The second-order valence-electron chi connectivity index (χ2n) is 5.36. The van der Waals surface area contributed by atoms with Crippen LogP contribution in [0.15, 0.2) is 10.6 Å². The number of nitrogens with one attached hydrogen (secondary N) is 2. The first kappa shape index (κ1) is 21.3. The Morgan fingerprint density at radius 2 is 2.08 bits per heavy atom. The van der Waals surface area contributed by atoms with Crippen molar-refractivity contribution in [1.29, 1.82) is 0 Å². The molecule has 1 aromatic heterocycles. The molecule has 0 aliphatic carbocycles. The first-order valence-corrected chi connectivity index (χ1v) is 8.41. The third-order valence-electron chi connectivity index (χ3n) is 2.75. The third-order valence-corrected chi connectivity index (χ3v) is 3.90. The van der Waals surface area contributed by atoms with Crippen molar-refractivity contribution in [2.75, 3.05) is 24.3 Å². The Hall–Kier alpha value is -1.75. The van der Waals surface area contributed by atoms with E-state index in [1.165, 1.54) is 6.92 Å². The molecule has 2 unspecified atom stereocenters. The second kappa shape index (κ2) is 9.66. The summed E-state index contributed by atoms with van der Waals surface area (Å²) in [7, 11) is 0. The molecule has 1 heterocycles. The fraction of sp³-hybridized carbons (Fsp3) is 0.643. The molecule has 0 aliphatic heterocycles. The fourth-order valence-corrected chi connectivity index (χ4v) is 2.33. The van der Waals surface area contributed by atoms with Gasteiger partial charge in [0.25, 0.3) is 0 Å². The summed E-state index contributed by atoms with van der Waals surface area (Å²) in [6.45, 7) is 3.22. The fourth-order valence-electron chi connectivity index (χ4n) is 1.64. The molecule has 11 heteroatoms. The van der Waals surface area contributed by atoms with Gasteiger partial charge in [0.2, 0.25) is 11.8 Å². The molecule has 0 aliphatic rings. The van der Waals surface area contributed by atoms with Crippen LogP contribution in [0.25, 0.3) is 0 Å². The molecule has 0 radical (unpaired) electrons. The molecule has 1 rings (SSSR count). The number of halogens is 3. The molecule has 7 nitrogen and oxygen atoms in total. The smallest absolute Gasteiger partial charge is 0.370 e. The first-order valence-electron chi connectivity index (χ1n) is 7.36. The lowest BCUT2D eigenvalue weighted by Gasteiger charge is -2.16. The zero-order valence-corrected chi connectivity index (χ0v) is 14.8. The topological polar surface area (TPSA) is 93.5 Å². The lowest BCUT2D eigenvalue weighted by molar-refractivity contribution is -0.175. The number of thioether (sulfide) groups is 1. The Bertz CT molecular complexity index is 580. The highest BCUT2D eigenvalue weighted by Crippen LogP contribution is 2.15. The minimum atomic E-state index is -4.40. The summed E-state index contributed by atoms with van der Waals surface area (Å²) in [6.07, 6.45) is -4.40. The molecular formula is C14H20F3N3O4S. The van der Waals surface area contributed by atoms with E-state index in [1.807, 2.05) is 0 Å². The number of hydrogen-bond acceptors (Lipinski definition) is 6. The van der Waals surface area contributed by atoms with Crippen molar-refractivity contribution in [2.45, 2.75) is 38.2 Å². The van der Waals surface area contributed by atoms with Gasteiger partial charge in [0.05, 0.1) is 17.6 Å². The Balaban J connectivity index is 2.24. The monoisotopic (exact) mass is 383 g/mol. The van der Waals surface area contributed by atoms with Crippen molar-refractivity contribution in [1.82, 2.24) is 10.5 Å². The van der Waals surface area contributed by atoms with Gasteiger partial charge in [0, 0.05) is 12.1 Å². The molecule has 25 heavy (non-hydrogen) atoms. The highest BCUT2D eigenvalue weighted by molar-refractivity contribution is 8.01.